The Kier molecular flexibility index (Phi) is 3.05. The maximum absolute atomic E-state index is 14.1. The van der Waals surface area contributed by atoms with Crippen molar-refractivity contribution >= 4 is 34.9 Å². The second-order valence-corrected chi connectivity index (χ2v) is 4.94. The summed E-state index contributed by atoms with van der Waals surface area (Å²) in [7, 11) is 0. The quantitative estimate of drug-likeness (QED) is 0.679. The number of nitrogens with one attached hydrogen (secondary N) is 1. The first-order valence-electron chi connectivity index (χ1n) is 5.71. The van der Waals surface area contributed by atoms with Crippen molar-refractivity contribution in [3.05, 3.63) is 57.6 Å². The van der Waals surface area contributed by atoms with Gasteiger partial charge in [-0.15, -0.1) is 0 Å². The van der Waals surface area contributed by atoms with Gasteiger partial charge in [-0.05, 0) is 36.5 Å². The normalized spacial score (nSPS) is 10.7. The van der Waals surface area contributed by atoms with E-state index < -0.39 is 5.82 Å². The van der Waals surface area contributed by atoms with Gasteiger partial charge in [-0.3, -0.25) is 4.57 Å². The Morgan fingerprint density at radius 2 is 2.00 bits per heavy atom. The first-order valence-corrected chi connectivity index (χ1v) is 6.50. The van der Waals surface area contributed by atoms with Crippen molar-refractivity contribution in [3.63, 3.8) is 0 Å². The summed E-state index contributed by atoms with van der Waals surface area (Å²) in [5, 5.41) is 9.36. The predicted octanol–water partition coefficient (Wildman–Crippen LogP) is 4.35. The van der Waals surface area contributed by atoms with E-state index in [0.29, 0.717) is 16.6 Å². The number of fused-ring (bicyclic) bond motifs is 1. The van der Waals surface area contributed by atoms with Crippen LogP contribution in [-0.2, 0) is 0 Å². The van der Waals surface area contributed by atoms with Crippen molar-refractivity contribution in [1.82, 2.24) is 9.55 Å². The average molecular weight is 304 g/mol. The lowest BCUT2D eigenvalue weighted by Gasteiger charge is -2.08. The van der Waals surface area contributed by atoms with Crippen molar-refractivity contribution < 1.29 is 4.39 Å². The van der Waals surface area contributed by atoms with Crippen LogP contribution in [0.1, 0.15) is 5.56 Å². The summed E-state index contributed by atoms with van der Waals surface area (Å²) in [5.41, 5.74) is 1.81. The molecule has 0 aliphatic rings. The van der Waals surface area contributed by atoms with E-state index >= 15 is 0 Å². The van der Waals surface area contributed by atoms with Gasteiger partial charge < -0.3 is 4.98 Å². The lowest BCUT2D eigenvalue weighted by molar-refractivity contribution is 0.619. The molecule has 3 nitrogen and oxygen atoms in total. The van der Waals surface area contributed by atoms with E-state index in [1.165, 1.54) is 16.7 Å². The molecule has 0 bridgehead atoms. The van der Waals surface area contributed by atoms with Crippen molar-refractivity contribution in [1.29, 1.82) is 5.26 Å². The molecule has 98 valence electrons. The van der Waals surface area contributed by atoms with Gasteiger partial charge in [0.1, 0.15) is 17.6 Å². The fraction of sp³-hybridized carbons (Fsp3) is 0. The van der Waals surface area contributed by atoms with Crippen molar-refractivity contribution in [2.75, 3.05) is 0 Å². The molecular weight excluding hydrogens is 297 g/mol. The molecule has 2 aromatic carbocycles. The molecule has 0 fully saturated rings. The van der Waals surface area contributed by atoms with E-state index in [2.05, 4.69) is 11.1 Å². The largest absolute Gasteiger partial charge is 0.329 e. The highest BCUT2D eigenvalue weighted by atomic mass is 35.5. The third-order valence-electron chi connectivity index (χ3n) is 3.00. The van der Waals surface area contributed by atoms with Crippen LogP contribution in [0.5, 0.6) is 0 Å². The third kappa shape index (κ3) is 1.82. The zero-order valence-corrected chi connectivity index (χ0v) is 11.6. The van der Waals surface area contributed by atoms with Crippen molar-refractivity contribution in [2.45, 2.75) is 0 Å². The lowest BCUT2D eigenvalue weighted by Crippen LogP contribution is -1.98. The number of benzene rings is 2. The summed E-state index contributed by atoms with van der Waals surface area (Å²) in [6.45, 7) is 0. The SMILES string of the molecule is N#Cc1cccc2c1[nH]c(=S)n2-c1c(F)cccc1Cl. The van der Waals surface area contributed by atoms with Gasteiger partial charge in [0.05, 0.1) is 21.6 Å². The molecule has 1 N–H and O–H groups in total. The van der Waals surface area contributed by atoms with Crippen LogP contribution in [-0.4, -0.2) is 9.55 Å². The van der Waals surface area contributed by atoms with Crippen LogP contribution in [0.2, 0.25) is 5.02 Å². The summed E-state index contributed by atoms with van der Waals surface area (Å²) < 4.78 is 15.9. The molecule has 0 saturated carbocycles. The number of rotatable bonds is 1. The Morgan fingerprint density at radius 3 is 2.70 bits per heavy atom. The number of nitriles is 1. The number of hydrogen-bond donors (Lipinski definition) is 1. The molecule has 0 saturated heterocycles. The highest BCUT2D eigenvalue weighted by Gasteiger charge is 2.15. The van der Waals surface area contributed by atoms with Gasteiger partial charge in [0, 0.05) is 0 Å². The average Bonchev–Trinajstić information content (AvgIpc) is 2.75. The van der Waals surface area contributed by atoms with Gasteiger partial charge in [-0.2, -0.15) is 5.26 Å². The van der Waals surface area contributed by atoms with E-state index in [0.717, 1.165) is 0 Å². The van der Waals surface area contributed by atoms with Gasteiger partial charge in [-0.1, -0.05) is 23.7 Å². The molecule has 3 aromatic rings. The van der Waals surface area contributed by atoms with E-state index in [1.54, 1.807) is 24.3 Å². The third-order valence-corrected chi connectivity index (χ3v) is 3.59. The molecule has 0 radical (unpaired) electrons. The summed E-state index contributed by atoms with van der Waals surface area (Å²) >= 11 is 11.3. The van der Waals surface area contributed by atoms with Crippen molar-refractivity contribution in [3.8, 4) is 11.8 Å². The molecule has 6 heteroatoms. The molecule has 0 spiro atoms. The second kappa shape index (κ2) is 4.75. The van der Waals surface area contributed by atoms with Gasteiger partial charge >= 0.3 is 0 Å². The minimum Gasteiger partial charge on any atom is -0.329 e. The van der Waals surface area contributed by atoms with Gasteiger partial charge in [0.25, 0.3) is 0 Å². The molecule has 0 atom stereocenters. The minimum atomic E-state index is -0.475. The highest BCUT2D eigenvalue weighted by Crippen LogP contribution is 2.28. The van der Waals surface area contributed by atoms with Gasteiger partial charge in [0.2, 0.25) is 0 Å². The van der Waals surface area contributed by atoms with E-state index in [1.807, 2.05) is 0 Å². The first kappa shape index (κ1) is 12.9. The number of para-hydroxylation sites is 2. The predicted molar refractivity (Wildman–Crippen MR) is 78.1 cm³/mol. The number of hydrogen-bond acceptors (Lipinski definition) is 2. The zero-order chi connectivity index (χ0) is 14.3. The monoisotopic (exact) mass is 303 g/mol. The second-order valence-electron chi connectivity index (χ2n) is 4.15. The number of imidazole rings is 1. The first-order chi connectivity index (χ1) is 9.63. The minimum absolute atomic E-state index is 0.181. The number of aromatic amines is 1. The molecule has 0 aliphatic carbocycles. The van der Waals surface area contributed by atoms with Crippen molar-refractivity contribution in [2.24, 2.45) is 0 Å². The molecular formula is C14H7ClFN3S. The fourth-order valence-electron chi connectivity index (χ4n) is 2.15. The number of nitrogens with zero attached hydrogens (tertiary/aromatic N) is 2. The fourth-order valence-corrected chi connectivity index (χ4v) is 2.69. The Labute approximate surface area is 123 Å². The Hall–Kier alpha value is -2.16. The molecule has 3 rings (SSSR count). The topological polar surface area (TPSA) is 44.5 Å². The molecule has 1 aromatic heterocycles. The maximum atomic E-state index is 14.1. The van der Waals surface area contributed by atoms with Gasteiger partial charge in [0.15, 0.2) is 4.77 Å². The maximum Gasteiger partial charge on any atom is 0.182 e. The van der Waals surface area contributed by atoms with E-state index in [4.69, 9.17) is 29.1 Å². The van der Waals surface area contributed by atoms with Gasteiger partial charge in [-0.25, -0.2) is 4.39 Å². The summed E-state index contributed by atoms with van der Waals surface area (Å²) in [6, 6.07) is 11.6. The van der Waals surface area contributed by atoms with Crippen LogP contribution >= 0.6 is 23.8 Å². The Balaban J connectivity index is 2.48. The van der Waals surface area contributed by atoms with Crippen LogP contribution in [0.4, 0.5) is 4.39 Å². The number of H-pyrrole nitrogens is 1. The molecule has 0 amide bonds. The zero-order valence-electron chi connectivity index (χ0n) is 10.0. The summed E-state index contributed by atoms with van der Waals surface area (Å²) in [6.07, 6.45) is 0. The number of aromatic nitrogens is 2. The molecule has 1 heterocycles. The van der Waals surface area contributed by atoms with Crippen LogP contribution in [0.15, 0.2) is 36.4 Å². The summed E-state index contributed by atoms with van der Waals surface area (Å²) in [4.78, 5) is 2.93. The van der Waals surface area contributed by atoms with Crippen LogP contribution in [0.25, 0.3) is 16.7 Å². The van der Waals surface area contributed by atoms with E-state index in [-0.39, 0.29) is 15.5 Å². The lowest BCUT2D eigenvalue weighted by atomic mass is 10.2. The smallest absolute Gasteiger partial charge is 0.182 e. The Bertz CT molecular complexity index is 900. The Morgan fingerprint density at radius 1 is 1.25 bits per heavy atom. The van der Waals surface area contributed by atoms with Crippen LogP contribution < -0.4 is 0 Å². The van der Waals surface area contributed by atoms with Crippen LogP contribution in [0.3, 0.4) is 0 Å². The van der Waals surface area contributed by atoms with Crippen LogP contribution in [0, 0.1) is 21.9 Å². The number of halogens is 2. The van der Waals surface area contributed by atoms with E-state index in [9.17, 15) is 4.39 Å². The summed E-state index contributed by atoms with van der Waals surface area (Å²) in [5.74, 6) is -0.475. The molecule has 0 unspecified atom stereocenters. The highest BCUT2D eigenvalue weighted by molar-refractivity contribution is 7.71. The molecule has 0 aliphatic heterocycles. The molecule has 20 heavy (non-hydrogen) atoms. The standard InChI is InChI=1S/C14H7ClFN3S/c15-9-4-2-5-10(16)13(9)19-11-6-1-3-8(7-17)12(11)18-14(19)20/h1-6H,(H,18,20).